The first-order valence-corrected chi connectivity index (χ1v) is 12.1. The first-order chi connectivity index (χ1) is 12.7. The molecule has 0 unspecified atom stereocenters. The third kappa shape index (κ3) is 4.85. The van der Waals surface area contributed by atoms with Gasteiger partial charge in [0.2, 0.25) is 0 Å². The Kier molecular flexibility index (Phi) is 7.48. The number of rotatable bonds is 7. The fraction of sp³-hybridized carbons (Fsp3) is 0.960. The molecule has 4 atom stereocenters. The van der Waals surface area contributed by atoms with Gasteiger partial charge in [-0.2, -0.15) is 5.26 Å². The van der Waals surface area contributed by atoms with E-state index in [1.54, 1.807) is 0 Å². The molecule has 0 radical (unpaired) electrons. The Morgan fingerprint density at radius 2 is 1.46 bits per heavy atom. The average Bonchev–Trinajstić information content (AvgIpc) is 2.70. The van der Waals surface area contributed by atoms with Crippen LogP contribution in [-0.2, 0) is 0 Å². The van der Waals surface area contributed by atoms with Crippen LogP contribution in [0.1, 0.15) is 117 Å². The molecule has 26 heavy (non-hydrogen) atoms. The van der Waals surface area contributed by atoms with Crippen LogP contribution in [-0.4, -0.2) is 0 Å². The summed E-state index contributed by atoms with van der Waals surface area (Å²) in [6, 6.07) is 2.78. The molecule has 0 heterocycles. The highest BCUT2D eigenvalue weighted by molar-refractivity contribution is 5.04. The smallest absolute Gasteiger partial charge is 0.0689 e. The standard InChI is InChI=1S/C25H43N/c1-3-5-7-20-8-10-21(11-9-20)22-12-13-24-18-25(19-26,15-6-4-2)16-14-23(24)17-22/h20-24H,3-18H2,1-2H3/t20?,21?,22-,23+,24+,25-/m0/s1. The Morgan fingerprint density at radius 1 is 0.808 bits per heavy atom. The van der Waals surface area contributed by atoms with E-state index in [0.717, 1.165) is 36.0 Å². The lowest BCUT2D eigenvalue weighted by atomic mass is 9.57. The van der Waals surface area contributed by atoms with Gasteiger partial charge in [0.05, 0.1) is 11.5 Å². The topological polar surface area (TPSA) is 23.8 Å². The van der Waals surface area contributed by atoms with Crippen LogP contribution < -0.4 is 0 Å². The maximum atomic E-state index is 9.85. The van der Waals surface area contributed by atoms with Crippen molar-refractivity contribution in [2.24, 2.45) is 35.0 Å². The molecule has 1 nitrogen and oxygen atoms in total. The molecule has 3 aliphatic rings. The monoisotopic (exact) mass is 357 g/mol. The van der Waals surface area contributed by atoms with Crippen molar-refractivity contribution in [2.75, 3.05) is 0 Å². The van der Waals surface area contributed by atoms with Gasteiger partial charge in [0.1, 0.15) is 0 Å². The van der Waals surface area contributed by atoms with E-state index in [2.05, 4.69) is 19.9 Å². The molecule has 0 bridgehead atoms. The van der Waals surface area contributed by atoms with E-state index >= 15 is 0 Å². The summed E-state index contributed by atoms with van der Waals surface area (Å²) in [5.74, 6) is 4.93. The normalized spacial score (nSPS) is 40.6. The third-order valence-electron chi connectivity index (χ3n) is 8.60. The molecule has 0 saturated heterocycles. The summed E-state index contributed by atoms with van der Waals surface area (Å²) in [6.07, 6.45) is 22.2. The van der Waals surface area contributed by atoms with Crippen molar-refractivity contribution in [3.63, 3.8) is 0 Å². The second kappa shape index (κ2) is 9.61. The lowest BCUT2D eigenvalue weighted by molar-refractivity contribution is 0.0379. The Morgan fingerprint density at radius 3 is 2.15 bits per heavy atom. The number of hydrogen-bond donors (Lipinski definition) is 0. The van der Waals surface area contributed by atoms with Crippen molar-refractivity contribution in [1.29, 1.82) is 5.26 Å². The molecule has 0 aliphatic heterocycles. The van der Waals surface area contributed by atoms with E-state index in [4.69, 9.17) is 0 Å². The quantitative estimate of drug-likeness (QED) is 0.454. The van der Waals surface area contributed by atoms with Crippen molar-refractivity contribution in [1.82, 2.24) is 0 Å². The molecule has 0 aromatic carbocycles. The van der Waals surface area contributed by atoms with E-state index in [9.17, 15) is 5.26 Å². The molecule has 0 N–H and O–H groups in total. The summed E-state index contributed by atoms with van der Waals surface area (Å²) in [6.45, 7) is 4.59. The van der Waals surface area contributed by atoms with Crippen molar-refractivity contribution in [3.8, 4) is 6.07 Å². The van der Waals surface area contributed by atoms with Crippen molar-refractivity contribution >= 4 is 0 Å². The molecule has 0 spiro atoms. The molecule has 0 amide bonds. The summed E-state index contributed by atoms with van der Waals surface area (Å²) in [5, 5.41) is 9.85. The molecular formula is C25H43N. The second-order valence-corrected chi connectivity index (χ2v) is 10.3. The molecule has 3 rings (SSSR count). The maximum Gasteiger partial charge on any atom is 0.0689 e. The minimum Gasteiger partial charge on any atom is -0.198 e. The second-order valence-electron chi connectivity index (χ2n) is 10.3. The predicted octanol–water partition coefficient (Wildman–Crippen LogP) is 7.90. The zero-order valence-corrected chi connectivity index (χ0v) is 17.6. The van der Waals surface area contributed by atoms with Crippen LogP contribution in [0.25, 0.3) is 0 Å². The van der Waals surface area contributed by atoms with Crippen molar-refractivity contribution in [3.05, 3.63) is 0 Å². The Bertz CT molecular complexity index is 455. The number of fused-ring (bicyclic) bond motifs is 1. The highest BCUT2D eigenvalue weighted by atomic mass is 14.5. The summed E-state index contributed by atoms with van der Waals surface area (Å²) >= 11 is 0. The van der Waals surface area contributed by atoms with Gasteiger partial charge in [-0.3, -0.25) is 0 Å². The van der Waals surface area contributed by atoms with Gasteiger partial charge in [-0.25, -0.2) is 0 Å². The molecule has 3 saturated carbocycles. The highest BCUT2D eigenvalue weighted by Crippen LogP contribution is 2.53. The zero-order valence-electron chi connectivity index (χ0n) is 17.6. The van der Waals surface area contributed by atoms with Crippen LogP contribution in [0.15, 0.2) is 0 Å². The minimum absolute atomic E-state index is 0.0430. The van der Waals surface area contributed by atoms with E-state index < -0.39 is 0 Å². The summed E-state index contributed by atoms with van der Waals surface area (Å²) in [4.78, 5) is 0. The molecule has 0 aromatic heterocycles. The van der Waals surface area contributed by atoms with E-state index in [1.807, 2.05) is 0 Å². The van der Waals surface area contributed by atoms with Crippen LogP contribution in [0.5, 0.6) is 0 Å². The maximum absolute atomic E-state index is 9.85. The van der Waals surface area contributed by atoms with Crippen molar-refractivity contribution in [2.45, 2.75) is 117 Å². The Labute approximate surface area is 163 Å². The largest absolute Gasteiger partial charge is 0.198 e. The van der Waals surface area contributed by atoms with Crippen LogP contribution in [0.3, 0.4) is 0 Å². The van der Waals surface area contributed by atoms with Crippen LogP contribution in [0, 0.1) is 46.3 Å². The summed E-state index contributed by atoms with van der Waals surface area (Å²) in [7, 11) is 0. The molecule has 3 fully saturated rings. The van der Waals surface area contributed by atoms with Gasteiger partial charge in [0, 0.05) is 0 Å². The third-order valence-corrected chi connectivity index (χ3v) is 8.60. The number of hydrogen-bond acceptors (Lipinski definition) is 1. The highest BCUT2D eigenvalue weighted by Gasteiger charge is 2.44. The van der Waals surface area contributed by atoms with Gasteiger partial charge in [-0.05, 0) is 87.4 Å². The van der Waals surface area contributed by atoms with Gasteiger partial charge < -0.3 is 0 Å². The lowest BCUT2D eigenvalue weighted by Gasteiger charge is -2.47. The first kappa shape index (κ1) is 20.2. The lowest BCUT2D eigenvalue weighted by Crippen LogP contribution is -2.38. The number of nitrogens with zero attached hydrogens (tertiary/aromatic N) is 1. The molecule has 148 valence electrons. The zero-order chi connectivity index (χ0) is 18.4. The fourth-order valence-electron chi connectivity index (χ4n) is 6.82. The Hall–Kier alpha value is -0.510. The molecule has 0 aromatic rings. The minimum atomic E-state index is 0.0430. The van der Waals surface area contributed by atoms with Gasteiger partial charge in [0.25, 0.3) is 0 Å². The van der Waals surface area contributed by atoms with E-state index in [-0.39, 0.29) is 5.41 Å². The fourth-order valence-corrected chi connectivity index (χ4v) is 6.82. The molecular weight excluding hydrogens is 314 g/mol. The molecule has 1 heteroatoms. The van der Waals surface area contributed by atoms with Gasteiger partial charge in [0.15, 0.2) is 0 Å². The van der Waals surface area contributed by atoms with E-state index in [0.29, 0.717) is 0 Å². The summed E-state index contributed by atoms with van der Waals surface area (Å²) in [5.41, 5.74) is 0.0430. The predicted molar refractivity (Wildman–Crippen MR) is 111 cm³/mol. The van der Waals surface area contributed by atoms with Gasteiger partial charge in [-0.1, -0.05) is 58.8 Å². The van der Waals surface area contributed by atoms with Gasteiger partial charge >= 0.3 is 0 Å². The van der Waals surface area contributed by atoms with Crippen LogP contribution in [0.2, 0.25) is 0 Å². The van der Waals surface area contributed by atoms with Crippen LogP contribution in [0.4, 0.5) is 0 Å². The average molecular weight is 358 g/mol. The number of nitriles is 1. The first-order valence-electron chi connectivity index (χ1n) is 12.1. The van der Waals surface area contributed by atoms with E-state index in [1.165, 1.54) is 96.3 Å². The Balaban J connectivity index is 1.47. The van der Waals surface area contributed by atoms with Gasteiger partial charge in [-0.15, -0.1) is 0 Å². The van der Waals surface area contributed by atoms with Crippen LogP contribution >= 0.6 is 0 Å². The number of unbranched alkanes of at least 4 members (excludes halogenated alkanes) is 2. The van der Waals surface area contributed by atoms with Crippen molar-refractivity contribution < 1.29 is 0 Å². The SMILES string of the molecule is CCCCC1CCC([C@H]2CC[C@@H]3C[C@](C#N)(CCCC)CC[C@@H]3C2)CC1. The molecule has 3 aliphatic carbocycles. The summed E-state index contributed by atoms with van der Waals surface area (Å²) < 4.78 is 0.